The van der Waals surface area contributed by atoms with Crippen molar-refractivity contribution in [1.82, 2.24) is 0 Å². The van der Waals surface area contributed by atoms with Gasteiger partial charge >= 0.3 is 0 Å². The van der Waals surface area contributed by atoms with E-state index in [2.05, 4.69) is 18.2 Å². The standard InChI is InChI=1S/C11H13O/c1-2-4-10(5-3-1)11-6-8-12-9-7-11/h1-4,11H,6-9H2. The van der Waals surface area contributed by atoms with E-state index in [1.165, 1.54) is 5.56 Å². The smallest absolute Gasteiger partial charge is 0.0471 e. The zero-order valence-corrected chi connectivity index (χ0v) is 7.12. The molecule has 1 aromatic carbocycles. The van der Waals surface area contributed by atoms with E-state index in [1.807, 2.05) is 12.1 Å². The van der Waals surface area contributed by atoms with Crippen LogP contribution >= 0.6 is 0 Å². The molecule has 1 saturated heterocycles. The molecule has 0 atom stereocenters. The molecular weight excluding hydrogens is 148 g/mol. The average Bonchev–Trinajstić information content (AvgIpc) is 2.21. The van der Waals surface area contributed by atoms with Gasteiger partial charge in [-0.1, -0.05) is 24.3 Å². The van der Waals surface area contributed by atoms with Gasteiger partial charge in [0.2, 0.25) is 0 Å². The van der Waals surface area contributed by atoms with E-state index in [9.17, 15) is 0 Å². The second kappa shape index (κ2) is 3.72. The molecule has 1 aliphatic heterocycles. The maximum Gasteiger partial charge on any atom is 0.0471 e. The fraction of sp³-hybridized carbons (Fsp3) is 0.455. The Morgan fingerprint density at radius 3 is 2.75 bits per heavy atom. The molecule has 0 bridgehead atoms. The summed E-state index contributed by atoms with van der Waals surface area (Å²) < 4.78 is 5.31. The molecule has 0 aromatic heterocycles. The molecule has 2 rings (SSSR count). The zero-order valence-electron chi connectivity index (χ0n) is 7.12. The van der Waals surface area contributed by atoms with Crippen LogP contribution in [0.25, 0.3) is 0 Å². The van der Waals surface area contributed by atoms with Crippen LogP contribution in [-0.2, 0) is 4.74 Å². The third-order valence-electron chi connectivity index (χ3n) is 2.39. The van der Waals surface area contributed by atoms with Gasteiger partial charge in [-0.2, -0.15) is 0 Å². The fourth-order valence-electron chi connectivity index (χ4n) is 1.67. The molecule has 1 aromatic rings. The van der Waals surface area contributed by atoms with Gasteiger partial charge in [0.1, 0.15) is 0 Å². The highest BCUT2D eigenvalue weighted by Crippen LogP contribution is 2.25. The highest BCUT2D eigenvalue weighted by Gasteiger charge is 2.14. The maximum absolute atomic E-state index is 5.31. The van der Waals surface area contributed by atoms with E-state index in [-0.39, 0.29) is 0 Å². The van der Waals surface area contributed by atoms with Crippen LogP contribution in [0, 0.1) is 6.07 Å². The Morgan fingerprint density at radius 1 is 1.25 bits per heavy atom. The number of rotatable bonds is 1. The van der Waals surface area contributed by atoms with Crippen LogP contribution in [0.15, 0.2) is 24.3 Å². The number of hydrogen-bond acceptors (Lipinski definition) is 1. The van der Waals surface area contributed by atoms with Crippen molar-refractivity contribution in [2.45, 2.75) is 18.8 Å². The summed E-state index contributed by atoms with van der Waals surface area (Å²) in [6.07, 6.45) is 2.31. The Hall–Kier alpha value is -0.820. The van der Waals surface area contributed by atoms with Crippen molar-refractivity contribution in [2.24, 2.45) is 0 Å². The molecule has 1 aliphatic rings. The van der Waals surface area contributed by atoms with Gasteiger partial charge in [0.25, 0.3) is 0 Å². The zero-order chi connectivity index (χ0) is 8.23. The first-order valence-electron chi connectivity index (χ1n) is 4.51. The van der Waals surface area contributed by atoms with Crippen LogP contribution in [0.1, 0.15) is 24.3 Å². The predicted octanol–water partition coefficient (Wildman–Crippen LogP) is 2.38. The van der Waals surface area contributed by atoms with Crippen LogP contribution in [0.3, 0.4) is 0 Å². The highest BCUT2D eigenvalue weighted by molar-refractivity contribution is 5.18. The minimum absolute atomic E-state index is 0.681. The van der Waals surface area contributed by atoms with E-state index >= 15 is 0 Å². The Balaban J connectivity index is 2.08. The quantitative estimate of drug-likeness (QED) is 0.614. The molecule has 12 heavy (non-hydrogen) atoms. The lowest BCUT2D eigenvalue weighted by molar-refractivity contribution is 0.0853. The van der Waals surface area contributed by atoms with Crippen LogP contribution in [-0.4, -0.2) is 13.2 Å². The first-order valence-corrected chi connectivity index (χ1v) is 4.51. The van der Waals surface area contributed by atoms with Gasteiger partial charge in [0.15, 0.2) is 0 Å². The Bertz CT molecular complexity index is 224. The van der Waals surface area contributed by atoms with Crippen molar-refractivity contribution in [2.75, 3.05) is 13.2 Å². The summed E-state index contributed by atoms with van der Waals surface area (Å²) in [5, 5.41) is 0. The Labute approximate surface area is 73.4 Å². The lowest BCUT2D eigenvalue weighted by atomic mass is 9.92. The lowest BCUT2D eigenvalue weighted by Gasteiger charge is -2.21. The van der Waals surface area contributed by atoms with Crippen LogP contribution in [0.2, 0.25) is 0 Å². The molecular formula is C11H13O. The van der Waals surface area contributed by atoms with E-state index in [4.69, 9.17) is 4.74 Å². The van der Waals surface area contributed by atoms with Crippen LogP contribution in [0.5, 0.6) is 0 Å². The molecule has 0 unspecified atom stereocenters. The normalized spacial score (nSPS) is 19.3. The van der Waals surface area contributed by atoms with Crippen molar-refractivity contribution >= 4 is 0 Å². The van der Waals surface area contributed by atoms with Crippen LogP contribution < -0.4 is 0 Å². The fourth-order valence-corrected chi connectivity index (χ4v) is 1.67. The van der Waals surface area contributed by atoms with Crippen molar-refractivity contribution in [1.29, 1.82) is 0 Å². The molecule has 1 nitrogen and oxygen atoms in total. The number of ether oxygens (including phenoxy) is 1. The largest absolute Gasteiger partial charge is 0.381 e. The second-order valence-corrected chi connectivity index (χ2v) is 3.20. The van der Waals surface area contributed by atoms with Gasteiger partial charge in [0, 0.05) is 13.2 Å². The summed E-state index contributed by atoms with van der Waals surface area (Å²) >= 11 is 0. The van der Waals surface area contributed by atoms with E-state index in [1.54, 1.807) is 0 Å². The van der Waals surface area contributed by atoms with E-state index in [0.717, 1.165) is 26.1 Å². The van der Waals surface area contributed by atoms with Gasteiger partial charge in [-0.25, -0.2) is 0 Å². The average molecular weight is 161 g/mol. The Morgan fingerprint density at radius 2 is 2.08 bits per heavy atom. The van der Waals surface area contributed by atoms with Crippen molar-refractivity contribution in [3.05, 3.63) is 35.9 Å². The maximum atomic E-state index is 5.31. The summed E-state index contributed by atoms with van der Waals surface area (Å²) in [7, 11) is 0. The molecule has 0 N–H and O–H groups in total. The Kier molecular flexibility index (Phi) is 2.42. The van der Waals surface area contributed by atoms with Crippen molar-refractivity contribution < 1.29 is 4.74 Å². The molecule has 0 amide bonds. The summed E-state index contributed by atoms with van der Waals surface area (Å²) in [6.45, 7) is 1.82. The molecule has 0 saturated carbocycles. The van der Waals surface area contributed by atoms with Gasteiger partial charge in [0.05, 0.1) is 0 Å². The second-order valence-electron chi connectivity index (χ2n) is 3.20. The number of benzene rings is 1. The van der Waals surface area contributed by atoms with Gasteiger partial charge < -0.3 is 4.74 Å². The minimum atomic E-state index is 0.681. The molecule has 0 spiro atoms. The summed E-state index contributed by atoms with van der Waals surface area (Å²) in [5.74, 6) is 0.681. The third kappa shape index (κ3) is 1.67. The molecule has 1 heteroatoms. The summed E-state index contributed by atoms with van der Waals surface area (Å²) in [4.78, 5) is 0. The first kappa shape index (κ1) is 7.81. The van der Waals surface area contributed by atoms with Gasteiger partial charge in [-0.05, 0) is 30.4 Å². The first-order chi connectivity index (χ1) is 5.97. The molecule has 63 valence electrons. The third-order valence-corrected chi connectivity index (χ3v) is 2.39. The van der Waals surface area contributed by atoms with Crippen molar-refractivity contribution in [3.8, 4) is 0 Å². The highest BCUT2D eigenvalue weighted by atomic mass is 16.5. The van der Waals surface area contributed by atoms with E-state index in [0.29, 0.717) is 5.92 Å². The minimum Gasteiger partial charge on any atom is -0.381 e. The van der Waals surface area contributed by atoms with E-state index < -0.39 is 0 Å². The predicted molar refractivity (Wildman–Crippen MR) is 48.1 cm³/mol. The molecule has 0 aliphatic carbocycles. The topological polar surface area (TPSA) is 9.23 Å². The van der Waals surface area contributed by atoms with Gasteiger partial charge in [-0.3, -0.25) is 0 Å². The molecule has 1 heterocycles. The SMILES string of the molecule is [c]1ccccc1C1CCOCC1. The van der Waals surface area contributed by atoms with Crippen molar-refractivity contribution in [3.63, 3.8) is 0 Å². The monoisotopic (exact) mass is 161 g/mol. The van der Waals surface area contributed by atoms with Crippen LogP contribution in [0.4, 0.5) is 0 Å². The molecule has 1 radical (unpaired) electrons. The lowest BCUT2D eigenvalue weighted by Crippen LogP contribution is -2.13. The summed E-state index contributed by atoms with van der Waals surface area (Å²) in [5.41, 5.74) is 1.35. The summed E-state index contributed by atoms with van der Waals surface area (Å²) in [6, 6.07) is 11.5. The van der Waals surface area contributed by atoms with Gasteiger partial charge in [-0.15, -0.1) is 0 Å². The number of hydrogen-bond donors (Lipinski definition) is 0. The molecule has 1 fully saturated rings.